The number of hydrogen-bond donors (Lipinski definition) is 2. The van der Waals surface area contributed by atoms with E-state index in [1.165, 1.54) is 6.92 Å². The van der Waals surface area contributed by atoms with Gasteiger partial charge in [-0.15, -0.1) is 0 Å². The lowest BCUT2D eigenvalue weighted by Crippen LogP contribution is -2.41. The van der Waals surface area contributed by atoms with Gasteiger partial charge in [-0.2, -0.15) is 18.3 Å². The van der Waals surface area contributed by atoms with Gasteiger partial charge in [-0.25, -0.2) is 9.97 Å². The first-order valence-corrected chi connectivity index (χ1v) is 13.1. The predicted molar refractivity (Wildman–Crippen MR) is 140 cm³/mol. The number of benzene rings is 1. The van der Waals surface area contributed by atoms with Crippen LogP contribution in [0, 0.1) is 0 Å². The third-order valence-corrected chi connectivity index (χ3v) is 7.73. The summed E-state index contributed by atoms with van der Waals surface area (Å²) in [6.07, 6.45) is 2.15. The number of fused-ring (bicyclic) bond motifs is 2. The molecule has 2 atom stereocenters. The molecule has 0 bridgehead atoms. The van der Waals surface area contributed by atoms with Crippen molar-refractivity contribution in [2.45, 2.75) is 57.3 Å². The minimum absolute atomic E-state index is 0.00772. The van der Waals surface area contributed by atoms with Crippen molar-refractivity contribution in [3.8, 4) is 11.3 Å². The van der Waals surface area contributed by atoms with Crippen LogP contribution < -0.4 is 11.1 Å². The summed E-state index contributed by atoms with van der Waals surface area (Å²) in [6, 6.07) is 7.67. The fourth-order valence-corrected chi connectivity index (χ4v) is 5.77. The van der Waals surface area contributed by atoms with E-state index >= 15 is 0 Å². The van der Waals surface area contributed by atoms with Crippen molar-refractivity contribution < 1.29 is 22.8 Å². The summed E-state index contributed by atoms with van der Waals surface area (Å²) in [5.74, 6) is 0.544. The van der Waals surface area contributed by atoms with Crippen LogP contribution in [0.1, 0.15) is 60.4 Å². The van der Waals surface area contributed by atoms with Gasteiger partial charge in [-0.1, -0.05) is 12.1 Å². The molecule has 5 heterocycles. The van der Waals surface area contributed by atoms with E-state index in [4.69, 9.17) is 10.7 Å². The maximum absolute atomic E-state index is 13.2. The average molecular weight is 553 g/mol. The second-order valence-electron chi connectivity index (χ2n) is 10.1. The van der Waals surface area contributed by atoms with E-state index in [2.05, 4.69) is 15.4 Å². The Morgan fingerprint density at radius 1 is 1.18 bits per heavy atom. The molecule has 3 N–H and O–H groups in total. The molecule has 0 saturated carbocycles. The van der Waals surface area contributed by atoms with Crippen LogP contribution in [0.5, 0.6) is 0 Å². The molecule has 2 saturated heterocycles. The zero-order chi connectivity index (χ0) is 28.2. The van der Waals surface area contributed by atoms with Gasteiger partial charge < -0.3 is 16.0 Å². The van der Waals surface area contributed by atoms with Crippen LogP contribution in [-0.2, 0) is 17.5 Å². The van der Waals surface area contributed by atoms with Gasteiger partial charge in [0.15, 0.2) is 5.82 Å². The number of carbonyl (C=O) groups excluding carboxylic acids is 2. The first-order valence-electron chi connectivity index (χ1n) is 13.1. The standard InChI is InChI=1S/C27H27F3N8O2/c1-2-38-19(27(28,29)30)13-20(35-38)33-26(40)16-5-3-15(4-6-16)22-23-24(31)32-11-12-36(23)25(34-22)17-7-8-18-9-10-21(39)37(18)14-17/h3-6,11-13,17-18H,2,7-10,14H2,1H3,(H2,31,32)(H,33,35,40). The Labute approximate surface area is 227 Å². The molecule has 2 fully saturated rings. The van der Waals surface area contributed by atoms with Gasteiger partial charge in [0.05, 0.1) is 0 Å². The van der Waals surface area contributed by atoms with Gasteiger partial charge in [0.25, 0.3) is 5.91 Å². The fourth-order valence-electron chi connectivity index (χ4n) is 5.77. The number of nitrogens with two attached hydrogens (primary N) is 1. The van der Waals surface area contributed by atoms with Gasteiger partial charge in [-0.3, -0.25) is 18.7 Å². The van der Waals surface area contributed by atoms with Crippen LogP contribution in [0.4, 0.5) is 24.8 Å². The molecule has 3 aromatic heterocycles. The molecule has 2 aliphatic rings. The van der Waals surface area contributed by atoms with Crippen LogP contribution in [0.25, 0.3) is 16.8 Å². The van der Waals surface area contributed by atoms with E-state index in [0.29, 0.717) is 41.6 Å². The largest absolute Gasteiger partial charge is 0.433 e. The number of anilines is 2. The average Bonchev–Trinajstić information content (AvgIpc) is 3.64. The Balaban J connectivity index is 1.28. The highest BCUT2D eigenvalue weighted by molar-refractivity contribution is 6.04. The first-order chi connectivity index (χ1) is 19.1. The Kier molecular flexibility index (Phi) is 6.23. The van der Waals surface area contributed by atoms with Gasteiger partial charge in [-0.05, 0) is 38.3 Å². The number of imidazole rings is 1. The van der Waals surface area contributed by atoms with E-state index in [-0.39, 0.29) is 29.8 Å². The van der Waals surface area contributed by atoms with E-state index < -0.39 is 17.8 Å². The van der Waals surface area contributed by atoms with Crippen LogP contribution in [0.2, 0.25) is 0 Å². The van der Waals surface area contributed by atoms with Crippen LogP contribution in [-0.4, -0.2) is 53.5 Å². The molecule has 0 radical (unpaired) electrons. The van der Waals surface area contributed by atoms with Crippen molar-refractivity contribution in [3.05, 3.63) is 59.8 Å². The number of rotatable bonds is 5. The number of halogens is 3. The molecule has 0 aliphatic carbocycles. The maximum Gasteiger partial charge on any atom is 0.433 e. The zero-order valence-electron chi connectivity index (χ0n) is 21.6. The lowest BCUT2D eigenvalue weighted by Gasteiger charge is -2.34. The molecule has 13 heteroatoms. The molecular formula is C27H27F3N8O2. The number of hydrogen-bond acceptors (Lipinski definition) is 6. The van der Waals surface area contributed by atoms with Crippen molar-refractivity contribution in [1.29, 1.82) is 0 Å². The Bertz CT molecular complexity index is 1610. The summed E-state index contributed by atoms with van der Waals surface area (Å²) in [7, 11) is 0. The Morgan fingerprint density at radius 2 is 1.95 bits per heavy atom. The van der Waals surface area contributed by atoms with Crippen molar-refractivity contribution in [3.63, 3.8) is 0 Å². The monoisotopic (exact) mass is 552 g/mol. The predicted octanol–water partition coefficient (Wildman–Crippen LogP) is 4.33. The molecule has 1 aromatic carbocycles. The van der Waals surface area contributed by atoms with E-state index in [1.807, 2.05) is 15.5 Å². The summed E-state index contributed by atoms with van der Waals surface area (Å²) in [5, 5.41) is 6.29. The number of alkyl halides is 3. The fraction of sp³-hybridized carbons (Fsp3) is 0.370. The zero-order valence-corrected chi connectivity index (χ0v) is 21.6. The molecule has 2 amide bonds. The van der Waals surface area contributed by atoms with Crippen molar-refractivity contribution >= 4 is 29.0 Å². The van der Waals surface area contributed by atoms with Gasteiger partial charge in [0.2, 0.25) is 5.91 Å². The SMILES string of the molecule is CCn1nc(NC(=O)c2ccc(-c3nc(C4CCC5CCC(=O)N5C4)n4ccnc(N)c34)cc2)cc1C(F)(F)F. The van der Waals surface area contributed by atoms with Gasteiger partial charge >= 0.3 is 6.18 Å². The molecule has 2 unspecified atom stereocenters. The minimum Gasteiger partial charge on any atom is -0.382 e. The molecular weight excluding hydrogens is 525 g/mol. The van der Waals surface area contributed by atoms with Crippen molar-refractivity contribution in [1.82, 2.24) is 29.0 Å². The molecule has 2 aliphatic heterocycles. The van der Waals surface area contributed by atoms with Crippen LogP contribution >= 0.6 is 0 Å². The number of nitrogens with zero attached hydrogens (tertiary/aromatic N) is 6. The smallest absolute Gasteiger partial charge is 0.382 e. The molecule has 6 rings (SSSR count). The summed E-state index contributed by atoms with van der Waals surface area (Å²) >= 11 is 0. The number of nitrogen functional groups attached to an aromatic ring is 1. The number of carbonyl (C=O) groups is 2. The van der Waals surface area contributed by atoms with Gasteiger partial charge in [0.1, 0.15) is 28.5 Å². The number of aryl methyl sites for hydroxylation is 1. The quantitative estimate of drug-likeness (QED) is 0.380. The molecule has 10 nitrogen and oxygen atoms in total. The minimum atomic E-state index is -4.58. The maximum atomic E-state index is 13.2. The number of amides is 2. The molecule has 40 heavy (non-hydrogen) atoms. The summed E-state index contributed by atoms with van der Waals surface area (Å²) < 4.78 is 42.4. The third kappa shape index (κ3) is 4.44. The molecule has 0 spiro atoms. The molecule has 208 valence electrons. The van der Waals surface area contributed by atoms with Crippen molar-refractivity contribution in [2.24, 2.45) is 0 Å². The highest BCUT2D eigenvalue weighted by atomic mass is 19.4. The topological polar surface area (TPSA) is 123 Å². The van der Waals surface area contributed by atoms with E-state index in [9.17, 15) is 22.8 Å². The number of aromatic nitrogens is 5. The lowest BCUT2D eigenvalue weighted by molar-refractivity contribution is -0.144. The summed E-state index contributed by atoms with van der Waals surface area (Å²) in [6.45, 7) is 2.15. The van der Waals surface area contributed by atoms with Gasteiger partial charge in [0, 0.05) is 61.1 Å². The highest BCUT2D eigenvalue weighted by Gasteiger charge is 2.38. The van der Waals surface area contributed by atoms with E-state index in [0.717, 1.165) is 35.8 Å². The first kappa shape index (κ1) is 25.8. The second kappa shape index (κ2) is 9.65. The van der Waals surface area contributed by atoms with Crippen LogP contribution in [0.15, 0.2) is 42.7 Å². The third-order valence-electron chi connectivity index (χ3n) is 7.73. The molecule has 4 aromatic rings. The number of piperidine rings is 1. The lowest BCUT2D eigenvalue weighted by atomic mass is 9.92. The normalized spacial score (nSPS) is 19.3. The number of nitrogens with one attached hydrogen (secondary N) is 1. The Hall–Kier alpha value is -4.42. The highest BCUT2D eigenvalue weighted by Crippen LogP contribution is 2.38. The Morgan fingerprint density at radius 3 is 2.65 bits per heavy atom. The summed E-state index contributed by atoms with van der Waals surface area (Å²) in [5.41, 5.74) is 7.51. The van der Waals surface area contributed by atoms with Crippen LogP contribution in [0.3, 0.4) is 0 Å². The second-order valence-corrected chi connectivity index (χ2v) is 10.1. The van der Waals surface area contributed by atoms with E-state index in [1.54, 1.807) is 30.5 Å². The summed E-state index contributed by atoms with van der Waals surface area (Å²) in [4.78, 5) is 36.3. The van der Waals surface area contributed by atoms with Crippen molar-refractivity contribution in [2.75, 3.05) is 17.6 Å².